The standard InChI is InChI=1S/C32H48N8O3.C23H30N6O2.C9H18N2O2/c1-23(2)40-24(3)35-27-22-34-26(21-28(27)40)20-25-8-12-33-29(36-25)38-14-10-32(42-7,11-15-38)9-13-37-16-18-39(19-17-37)30(41)43-31(4,5)6;1-16(2)29-17(3)26-20-15-25-19(14-21(20)29)13-18-5-9-24-22(27-18)28-10-6-23(31-4,7-11-28)8-12-30;1-9(2,3)13-8(12)11-6-4-10-5-7-11/h8,12,21-23H,9-11,13-20H2,1-7H3;5,9,12,14-16H,6-8,10-11,13H2,1-4H3;10H,4-7H2,1-3H3. The lowest BCUT2D eigenvalue weighted by Crippen LogP contribution is -2.52. The van der Waals surface area contributed by atoms with Gasteiger partial charge < -0.3 is 57.8 Å². The molecular formula is C64H96N16O7. The van der Waals surface area contributed by atoms with Gasteiger partial charge >= 0.3 is 12.2 Å². The third kappa shape index (κ3) is 17.7. The topological polar surface area (TPSA) is 229 Å². The molecule has 4 aliphatic heterocycles. The first-order valence-corrected chi connectivity index (χ1v) is 31.1. The van der Waals surface area contributed by atoms with Gasteiger partial charge in [-0.3, -0.25) is 14.9 Å². The zero-order chi connectivity index (χ0) is 62.7. The van der Waals surface area contributed by atoms with Crippen LogP contribution in [0, 0.1) is 13.8 Å². The lowest BCUT2D eigenvalue weighted by atomic mass is 9.87. The number of hydrogen-bond donors (Lipinski definition) is 1. The van der Waals surface area contributed by atoms with E-state index >= 15 is 0 Å². The van der Waals surface area contributed by atoms with Crippen molar-refractivity contribution in [3.8, 4) is 0 Å². The van der Waals surface area contributed by atoms with E-state index in [1.807, 2.05) is 104 Å². The van der Waals surface area contributed by atoms with Gasteiger partial charge in [-0.15, -0.1) is 0 Å². The van der Waals surface area contributed by atoms with E-state index in [2.05, 4.69) is 98.9 Å². The van der Waals surface area contributed by atoms with Crippen molar-refractivity contribution in [3.05, 3.63) is 83.5 Å². The molecule has 10 heterocycles. The fourth-order valence-electron chi connectivity index (χ4n) is 11.9. The number of aldehydes is 1. The summed E-state index contributed by atoms with van der Waals surface area (Å²) in [5, 5.41) is 3.18. The number of anilines is 2. The lowest BCUT2D eigenvalue weighted by Gasteiger charge is -2.42. The number of aryl methyl sites for hydroxylation is 2. The van der Waals surface area contributed by atoms with E-state index in [0.717, 1.165) is 179 Å². The monoisotopic (exact) mass is 1200 g/mol. The van der Waals surface area contributed by atoms with E-state index in [4.69, 9.17) is 28.9 Å². The average molecular weight is 1200 g/mol. The third-order valence-electron chi connectivity index (χ3n) is 16.7. The Morgan fingerprint density at radius 2 is 1.01 bits per heavy atom. The van der Waals surface area contributed by atoms with Crippen LogP contribution in [0.3, 0.4) is 0 Å². The summed E-state index contributed by atoms with van der Waals surface area (Å²) in [6.45, 7) is 34.6. The summed E-state index contributed by atoms with van der Waals surface area (Å²) in [7, 11) is 3.52. The van der Waals surface area contributed by atoms with Gasteiger partial charge in [0.1, 0.15) is 40.2 Å². The average Bonchev–Trinajstić information content (AvgIpc) is 2.42. The summed E-state index contributed by atoms with van der Waals surface area (Å²) in [6, 6.07) is 8.84. The first-order chi connectivity index (χ1) is 41.4. The van der Waals surface area contributed by atoms with E-state index in [1.54, 1.807) is 12.0 Å². The van der Waals surface area contributed by atoms with Crippen molar-refractivity contribution in [1.29, 1.82) is 0 Å². The van der Waals surface area contributed by atoms with Crippen LogP contribution in [0.15, 0.2) is 49.1 Å². The molecule has 0 aromatic carbocycles. The molecule has 0 unspecified atom stereocenters. The minimum absolute atomic E-state index is 0.159. The Morgan fingerprint density at radius 3 is 1.41 bits per heavy atom. The van der Waals surface area contributed by atoms with E-state index in [-0.39, 0.29) is 29.0 Å². The predicted octanol–water partition coefficient (Wildman–Crippen LogP) is 8.73. The molecule has 0 spiro atoms. The van der Waals surface area contributed by atoms with Gasteiger partial charge in [-0.2, -0.15) is 0 Å². The largest absolute Gasteiger partial charge is 0.444 e. The molecule has 87 heavy (non-hydrogen) atoms. The van der Waals surface area contributed by atoms with Crippen molar-refractivity contribution in [2.45, 2.75) is 169 Å². The van der Waals surface area contributed by atoms with E-state index in [9.17, 15) is 14.4 Å². The van der Waals surface area contributed by atoms with Crippen molar-refractivity contribution >= 4 is 52.4 Å². The number of ether oxygens (including phenoxy) is 4. The number of hydrogen-bond acceptors (Lipinski definition) is 19. The maximum atomic E-state index is 12.4. The molecule has 4 aliphatic rings. The zero-order valence-corrected chi connectivity index (χ0v) is 54.3. The highest BCUT2D eigenvalue weighted by molar-refractivity contribution is 5.76. The van der Waals surface area contributed by atoms with Crippen LogP contribution in [-0.4, -0.2) is 204 Å². The lowest BCUT2D eigenvalue weighted by molar-refractivity contribution is -0.115. The van der Waals surface area contributed by atoms with Crippen molar-refractivity contribution in [2.24, 2.45) is 0 Å². The second kappa shape index (κ2) is 28.9. The third-order valence-corrected chi connectivity index (χ3v) is 16.7. The number of amides is 2. The van der Waals surface area contributed by atoms with Gasteiger partial charge in [0.05, 0.1) is 46.0 Å². The Bertz CT molecular complexity index is 3230. The number of imidazole rings is 2. The minimum Gasteiger partial charge on any atom is -0.444 e. The summed E-state index contributed by atoms with van der Waals surface area (Å²) in [6.07, 6.45) is 14.0. The van der Waals surface area contributed by atoms with Crippen LogP contribution >= 0.6 is 0 Å². The highest BCUT2D eigenvalue weighted by atomic mass is 16.6. The van der Waals surface area contributed by atoms with E-state index < -0.39 is 5.60 Å². The van der Waals surface area contributed by atoms with Gasteiger partial charge in [0.25, 0.3) is 0 Å². The quantitative estimate of drug-likeness (QED) is 0.0947. The zero-order valence-electron chi connectivity index (χ0n) is 54.3. The van der Waals surface area contributed by atoms with Crippen LogP contribution in [0.25, 0.3) is 22.1 Å². The molecule has 2 amide bonds. The number of methoxy groups -OCH3 is 2. The second-order valence-corrected chi connectivity index (χ2v) is 26.0. The number of rotatable bonds is 15. The number of fused-ring (bicyclic) bond motifs is 2. The van der Waals surface area contributed by atoms with Crippen LogP contribution in [0.5, 0.6) is 0 Å². The summed E-state index contributed by atoms with van der Waals surface area (Å²) in [4.78, 5) is 82.8. The molecule has 0 bridgehead atoms. The van der Waals surface area contributed by atoms with Crippen molar-refractivity contribution in [2.75, 3.05) is 109 Å². The van der Waals surface area contributed by atoms with Gasteiger partial charge in [0.2, 0.25) is 11.9 Å². The van der Waals surface area contributed by atoms with Crippen LogP contribution in [0.1, 0.15) is 154 Å². The summed E-state index contributed by atoms with van der Waals surface area (Å²) >= 11 is 0. The number of piperidine rings is 2. The normalized spacial score (nSPS) is 17.5. The molecule has 1 N–H and O–H groups in total. The molecular weight excluding hydrogens is 1100 g/mol. The molecule has 6 aromatic rings. The molecule has 4 saturated heterocycles. The Morgan fingerprint density at radius 1 is 0.586 bits per heavy atom. The van der Waals surface area contributed by atoms with Crippen molar-refractivity contribution in [1.82, 2.24) is 69.0 Å². The molecule has 23 heteroatoms. The van der Waals surface area contributed by atoms with Crippen LogP contribution < -0.4 is 15.1 Å². The SMILES string of the molecule is CC(C)(C)OC(=O)N1CCNCC1.COC1(CC=O)CCN(c2nccc(Cc3cc4c(cn3)nc(C)n4C(C)C)n2)CC1.COC1(CCN2CCN(C(=O)OC(C)(C)C)CC2)CCN(c2nccc(Cc3cc4c(cn3)nc(C)n4C(C)C)n2)CC1. The van der Waals surface area contributed by atoms with Gasteiger partial charge in [0.15, 0.2) is 0 Å². The fourth-order valence-corrected chi connectivity index (χ4v) is 11.9. The number of nitrogens with one attached hydrogen (secondary N) is 1. The maximum Gasteiger partial charge on any atom is 0.410 e. The molecule has 6 aromatic heterocycles. The molecule has 4 fully saturated rings. The van der Waals surface area contributed by atoms with E-state index in [0.29, 0.717) is 44.4 Å². The van der Waals surface area contributed by atoms with Gasteiger partial charge in [-0.1, -0.05) is 0 Å². The van der Waals surface area contributed by atoms with E-state index in [1.165, 1.54) is 0 Å². The smallest absolute Gasteiger partial charge is 0.410 e. The van der Waals surface area contributed by atoms with Crippen LogP contribution in [0.4, 0.5) is 21.5 Å². The summed E-state index contributed by atoms with van der Waals surface area (Å²) in [5.41, 5.74) is 6.52. The fraction of sp³-hybridized carbons (Fsp3) is 0.641. The number of carbonyl (C=O) groups is 3. The highest BCUT2D eigenvalue weighted by Gasteiger charge is 2.37. The summed E-state index contributed by atoms with van der Waals surface area (Å²) in [5.74, 6) is 3.49. The van der Waals surface area contributed by atoms with Crippen LogP contribution in [-0.2, 0) is 36.6 Å². The Kier molecular flexibility index (Phi) is 21.9. The summed E-state index contributed by atoms with van der Waals surface area (Å²) < 4.78 is 27.1. The Labute approximate surface area is 514 Å². The Balaban J connectivity index is 0.000000193. The number of aromatic nitrogens is 10. The van der Waals surface area contributed by atoms with Crippen molar-refractivity contribution in [3.63, 3.8) is 0 Å². The molecule has 10 rings (SSSR count). The molecule has 0 saturated carbocycles. The first kappa shape index (κ1) is 66.0. The first-order valence-electron chi connectivity index (χ1n) is 31.1. The van der Waals surface area contributed by atoms with Crippen LogP contribution in [0.2, 0.25) is 0 Å². The molecule has 0 atom stereocenters. The second-order valence-electron chi connectivity index (χ2n) is 26.0. The maximum absolute atomic E-state index is 12.4. The Hall–Kier alpha value is -6.95. The number of piperazine rings is 2. The number of pyridine rings is 2. The van der Waals surface area contributed by atoms with Gasteiger partial charge in [-0.05, 0) is 139 Å². The number of carbonyl (C=O) groups excluding carboxylic acids is 3. The van der Waals surface area contributed by atoms with Gasteiger partial charge in [-0.25, -0.2) is 39.5 Å². The minimum atomic E-state index is -0.468. The number of nitrogens with zero attached hydrogens (tertiary/aromatic N) is 15. The molecule has 0 radical (unpaired) electrons. The molecule has 0 aliphatic carbocycles. The molecule has 474 valence electrons. The highest BCUT2D eigenvalue weighted by Crippen LogP contribution is 2.33. The van der Waals surface area contributed by atoms with Gasteiger partial charge in [0, 0.05) is 154 Å². The van der Waals surface area contributed by atoms with Crippen molar-refractivity contribution < 1.29 is 33.3 Å². The predicted molar refractivity (Wildman–Crippen MR) is 338 cm³/mol. The molecule has 23 nitrogen and oxygen atoms in total.